The first kappa shape index (κ1) is 28.5. The number of nitrogens with zero attached hydrogens (tertiary/aromatic N) is 4. The average molecular weight is 526 g/mol. The minimum atomic E-state index is -4.65. The van der Waals surface area contributed by atoms with Crippen LogP contribution in [0.4, 0.5) is 24.8 Å². The Labute approximate surface area is 208 Å². The van der Waals surface area contributed by atoms with Crippen LogP contribution in [0.2, 0.25) is 0 Å². The Hall–Kier alpha value is -3.70. The minimum Gasteiger partial charge on any atom is -0.345 e. The average Bonchev–Trinajstić information content (AvgIpc) is 3.11. The number of alkyl halides is 3. The summed E-state index contributed by atoms with van der Waals surface area (Å²) in [7, 11) is 1.82. The number of nitriles is 1. The molecular weight excluding hydrogens is 499 g/mol. The molecule has 0 aliphatic carbocycles. The molecule has 2 amide bonds. The van der Waals surface area contributed by atoms with Crippen LogP contribution in [0, 0.1) is 11.3 Å². The van der Waals surface area contributed by atoms with E-state index < -0.39 is 29.8 Å². The lowest BCUT2D eigenvalue weighted by Gasteiger charge is -2.20. The molecule has 2 aromatic heterocycles. The van der Waals surface area contributed by atoms with Crippen molar-refractivity contribution in [1.82, 2.24) is 19.8 Å². The van der Waals surface area contributed by atoms with Crippen LogP contribution in [-0.2, 0) is 16.1 Å². The summed E-state index contributed by atoms with van der Waals surface area (Å²) in [5.41, 5.74) is -1.14. The molecule has 2 rings (SSSR count). The number of pyridine rings is 1. The van der Waals surface area contributed by atoms with Gasteiger partial charge >= 0.3 is 6.18 Å². The number of hydrogen-bond acceptors (Lipinski definition) is 8. The highest BCUT2D eigenvalue weighted by molar-refractivity contribution is 7.07. The molecule has 3 N–H and O–H groups in total. The summed E-state index contributed by atoms with van der Waals surface area (Å²) in [5, 5.41) is 16.5. The number of likely N-dealkylation sites (N-methyl/N-ethyl adjacent to an activating group) is 1. The fourth-order valence-electron chi connectivity index (χ4n) is 2.77. The van der Waals surface area contributed by atoms with E-state index in [9.17, 15) is 32.8 Å². The van der Waals surface area contributed by atoms with Gasteiger partial charge in [-0.3, -0.25) is 23.9 Å². The van der Waals surface area contributed by atoms with Gasteiger partial charge in [0.15, 0.2) is 5.57 Å². The highest BCUT2D eigenvalue weighted by atomic mass is 32.1. The van der Waals surface area contributed by atoms with E-state index in [2.05, 4.69) is 15.6 Å². The van der Waals surface area contributed by atoms with Crippen molar-refractivity contribution in [1.29, 1.82) is 5.26 Å². The Morgan fingerprint density at radius 2 is 1.97 bits per heavy atom. The van der Waals surface area contributed by atoms with Gasteiger partial charge in [0.2, 0.25) is 5.91 Å². The standard InChI is InChI=1S/C22H26F3N7O3S/c1-5-32-20(35)15(36-21(32)14(9-26)19(34)28-12-22(23,24)25)10-27-16-7-6-8-17(29-16)30-18(33)11-31(4)13(2)3/h6-8,10,13H,5,11-12H2,1-4H3,(H,28,34)(H2,27,29,30,33). The topological polar surface area (TPSA) is 132 Å². The molecule has 0 saturated heterocycles. The van der Waals surface area contributed by atoms with E-state index in [-0.39, 0.29) is 40.1 Å². The molecule has 10 nitrogen and oxygen atoms in total. The fraction of sp³-hybridized carbons (Fsp3) is 0.409. The van der Waals surface area contributed by atoms with Crippen LogP contribution >= 0.6 is 11.3 Å². The second-order valence-electron chi connectivity index (χ2n) is 7.86. The molecule has 0 fully saturated rings. The van der Waals surface area contributed by atoms with Crippen molar-refractivity contribution in [3.63, 3.8) is 0 Å². The maximum atomic E-state index is 12.8. The molecule has 36 heavy (non-hydrogen) atoms. The van der Waals surface area contributed by atoms with E-state index >= 15 is 0 Å². The van der Waals surface area contributed by atoms with E-state index in [0.29, 0.717) is 5.82 Å². The number of halogens is 3. The lowest BCUT2D eigenvalue weighted by atomic mass is 10.3. The Morgan fingerprint density at radius 1 is 1.31 bits per heavy atom. The molecule has 0 aliphatic rings. The molecule has 2 heterocycles. The third-order valence-corrected chi connectivity index (χ3v) is 6.00. The summed E-state index contributed by atoms with van der Waals surface area (Å²) >= 11 is 0.776. The first-order valence-electron chi connectivity index (χ1n) is 10.8. The Balaban J connectivity index is 2.32. The van der Waals surface area contributed by atoms with Gasteiger partial charge in [0, 0.05) is 18.8 Å². The van der Waals surface area contributed by atoms with Gasteiger partial charge in [0.05, 0.1) is 6.54 Å². The zero-order valence-electron chi connectivity index (χ0n) is 20.1. The normalized spacial score (nSPS) is 12.9. The van der Waals surface area contributed by atoms with Crippen molar-refractivity contribution >= 4 is 46.6 Å². The van der Waals surface area contributed by atoms with Gasteiger partial charge in [0.1, 0.15) is 33.4 Å². The smallest absolute Gasteiger partial charge is 0.345 e. The maximum absolute atomic E-state index is 12.8. The summed E-state index contributed by atoms with van der Waals surface area (Å²) < 4.78 is 38.5. The largest absolute Gasteiger partial charge is 0.405 e. The van der Waals surface area contributed by atoms with Gasteiger partial charge in [-0.1, -0.05) is 6.07 Å². The van der Waals surface area contributed by atoms with Gasteiger partial charge in [-0.15, -0.1) is 11.3 Å². The van der Waals surface area contributed by atoms with E-state index in [1.807, 2.05) is 25.8 Å². The molecule has 194 valence electrons. The van der Waals surface area contributed by atoms with Crippen LogP contribution in [0.15, 0.2) is 23.0 Å². The minimum absolute atomic E-state index is 0.0685. The highest BCUT2D eigenvalue weighted by Gasteiger charge is 2.28. The molecule has 0 spiro atoms. The molecule has 0 aliphatic heterocycles. The van der Waals surface area contributed by atoms with Gasteiger partial charge in [0.25, 0.3) is 11.5 Å². The third-order valence-electron chi connectivity index (χ3n) is 4.87. The SMILES string of the molecule is CCn1c(=C(C#N)C(=O)NCC(F)(F)F)sc(=CNc2cccc(NC(=O)CN(C)C(C)C)n2)c1=O. The maximum Gasteiger partial charge on any atom is 0.405 e. The Bertz CT molecular complexity index is 1330. The Kier molecular flexibility index (Phi) is 9.76. The van der Waals surface area contributed by atoms with Crippen LogP contribution < -0.4 is 30.7 Å². The lowest BCUT2D eigenvalue weighted by Crippen LogP contribution is -2.37. The summed E-state index contributed by atoms with van der Waals surface area (Å²) in [6, 6.07) is 6.60. The molecule has 0 bridgehead atoms. The second kappa shape index (κ2) is 12.3. The van der Waals surface area contributed by atoms with Crippen LogP contribution in [0.5, 0.6) is 0 Å². The summed E-state index contributed by atoms with van der Waals surface area (Å²) in [6.07, 6.45) is -3.34. The van der Waals surface area contributed by atoms with Gasteiger partial charge in [-0.25, -0.2) is 4.98 Å². The summed E-state index contributed by atoms with van der Waals surface area (Å²) in [5.74, 6) is -0.896. The fourth-order valence-corrected chi connectivity index (χ4v) is 3.86. The predicted molar refractivity (Wildman–Crippen MR) is 130 cm³/mol. The van der Waals surface area contributed by atoms with Crippen molar-refractivity contribution in [3.05, 3.63) is 37.7 Å². The quantitative estimate of drug-likeness (QED) is 0.441. The zero-order chi connectivity index (χ0) is 27.0. The second-order valence-corrected chi connectivity index (χ2v) is 8.89. The van der Waals surface area contributed by atoms with Crippen molar-refractivity contribution in [2.75, 3.05) is 30.8 Å². The van der Waals surface area contributed by atoms with Crippen LogP contribution in [0.3, 0.4) is 0 Å². The Morgan fingerprint density at radius 3 is 2.56 bits per heavy atom. The zero-order valence-corrected chi connectivity index (χ0v) is 20.9. The summed E-state index contributed by atoms with van der Waals surface area (Å²) in [4.78, 5) is 43.2. The number of carbonyl (C=O) groups excluding carboxylic acids is 2. The number of rotatable bonds is 9. The molecular formula is C22H26F3N7O3S. The molecule has 0 radical (unpaired) electrons. The van der Waals surface area contributed by atoms with Crippen molar-refractivity contribution < 1.29 is 22.8 Å². The molecule has 2 aromatic rings. The molecule has 14 heteroatoms. The molecule has 0 atom stereocenters. The van der Waals surface area contributed by atoms with Crippen molar-refractivity contribution in [2.24, 2.45) is 0 Å². The third kappa shape index (κ3) is 7.92. The van der Waals surface area contributed by atoms with Crippen molar-refractivity contribution in [3.8, 4) is 6.07 Å². The number of hydrogen-bond donors (Lipinski definition) is 3. The lowest BCUT2D eigenvalue weighted by molar-refractivity contribution is -0.135. The number of anilines is 2. The van der Waals surface area contributed by atoms with Crippen LogP contribution in [0.25, 0.3) is 11.8 Å². The van der Waals surface area contributed by atoms with Crippen LogP contribution in [0.1, 0.15) is 20.8 Å². The van der Waals surface area contributed by atoms with Crippen molar-refractivity contribution in [2.45, 2.75) is 39.5 Å². The van der Waals surface area contributed by atoms with E-state index in [4.69, 9.17) is 0 Å². The highest BCUT2D eigenvalue weighted by Crippen LogP contribution is 2.12. The monoisotopic (exact) mass is 525 g/mol. The van der Waals surface area contributed by atoms with E-state index in [1.165, 1.54) is 6.20 Å². The first-order chi connectivity index (χ1) is 16.9. The number of nitrogens with one attached hydrogen (secondary N) is 3. The van der Waals surface area contributed by atoms with Crippen LogP contribution in [-0.4, -0.2) is 58.6 Å². The number of thiazole rings is 1. The number of carbonyl (C=O) groups is 2. The number of amides is 2. The number of aromatic nitrogens is 2. The predicted octanol–water partition coefficient (Wildman–Crippen LogP) is 0.806. The summed E-state index contributed by atoms with van der Waals surface area (Å²) in [6.45, 7) is 4.17. The van der Waals surface area contributed by atoms with Gasteiger partial charge < -0.3 is 16.0 Å². The molecule has 0 saturated carbocycles. The molecule has 0 aromatic carbocycles. The van der Waals surface area contributed by atoms with E-state index in [1.54, 1.807) is 36.5 Å². The van der Waals surface area contributed by atoms with Gasteiger partial charge in [-0.2, -0.15) is 18.4 Å². The first-order valence-corrected chi connectivity index (χ1v) is 11.6. The van der Waals surface area contributed by atoms with E-state index in [0.717, 1.165) is 15.9 Å². The van der Waals surface area contributed by atoms with Gasteiger partial charge in [-0.05, 0) is 40.0 Å². The molecule has 0 unspecified atom stereocenters.